The van der Waals surface area contributed by atoms with Crippen molar-refractivity contribution in [3.05, 3.63) is 59.8 Å². The van der Waals surface area contributed by atoms with Crippen molar-refractivity contribution in [3.8, 4) is 23.5 Å². The van der Waals surface area contributed by atoms with Crippen molar-refractivity contribution in [2.75, 3.05) is 12.0 Å². The van der Waals surface area contributed by atoms with Gasteiger partial charge in [0.15, 0.2) is 11.0 Å². The second kappa shape index (κ2) is 7.21. The molecule has 7 nitrogen and oxygen atoms in total. The number of anilines is 1. The highest BCUT2D eigenvalue weighted by atomic mass is 32.2. The number of nitrogens with zero attached hydrogens (tertiary/aromatic N) is 5. The van der Waals surface area contributed by atoms with Gasteiger partial charge in [-0.15, -0.1) is 0 Å². The molecular weight excluding hydrogens is 372 g/mol. The molecule has 28 heavy (non-hydrogen) atoms. The molecule has 2 aromatic carbocycles. The lowest BCUT2D eigenvalue weighted by Gasteiger charge is -2.11. The summed E-state index contributed by atoms with van der Waals surface area (Å²) in [7, 11) is 0. The standard InChI is InChI=1S/C20H16N6OS/c1-12-15(11-21)19(22)26(25-12)17-10-18(24-20(23-17)28-2)27-16-9-5-7-13-6-3-4-8-14(13)16/h3-10H,22H2,1-2H3. The molecule has 8 heteroatoms. The molecule has 0 radical (unpaired) electrons. The van der Waals surface area contributed by atoms with Gasteiger partial charge in [-0.3, -0.25) is 0 Å². The topological polar surface area (TPSA) is 103 Å². The van der Waals surface area contributed by atoms with Crippen LogP contribution < -0.4 is 10.5 Å². The van der Waals surface area contributed by atoms with Crippen LogP contribution in [0.2, 0.25) is 0 Å². The van der Waals surface area contributed by atoms with E-state index >= 15 is 0 Å². The van der Waals surface area contributed by atoms with Crippen molar-refractivity contribution in [1.82, 2.24) is 19.7 Å². The van der Waals surface area contributed by atoms with Gasteiger partial charge in [-0.1, -0.05) is 48.2 Å². The fraction of sp³-hybridized carbons (Fsp3) is 0.100. The Bertz CT molecular complexity index is 1220. The monoisotopic (exact) mass is 388 g/mol. The molecule has 0 saturated heterocycles. The van der Waals surface area contributed by atoms with E-state index in [-0.39, 0.29) is 5.82 Å². The first-order valence-electron chi connectivity index (χ1n) is 8.45. The Balaban J connectivity index is 1.81. The van der Waals surface area contributed by atoms with Gasteiger partial charge in [-0.25, -0.2) is 4.98 Å². The highest BCUT2D eigenvalue weighted by molar-refractivity contribution is 7.98. The second-order valence-corrected chi connectivity index (χ2v) is 6.77. The number of nitriles is 1. The lowest BCUT2D eigenvalue weighted by Crippen LogP contribution is -2.06. The van der Waals surface area contributed by atoms with Crippen molar-refractivity contribution in [1.29, 1.82) is 5.26 Å². The van der Waals surface area contributed by atoms with E-state index in [1.807, 2.05) is 48.7 Å². The third-order valence-electron chi connectivity index (χ3n) is 4.24. The zero-order valence-corrected chi connectivity index (χ0v) is 16.1. The summed E-state index contributed by atoms with van der Waals surface area (Å²) >= 11 is 1.38. The zero-order valence-electron chi connectivity index (χ0n) is 15.2. The van der Waals surface area contributed by atoms with E-state index in [4.69, 9.17) is 10.5 Å². The van der Waals surface area contributed by atoms with E-state index in [1.165, 1.54) is 16.4 Å². The average Bonchev–Trinajstić information content (AvgIpc) is 3.01. The summed E-state index contributed by atoms with van der Waals surface area (Å²) in [6.07, 6.45) is 1.87. The number of nitrogens with two attached hydrogens (primary N) is 1. The number of hydrogen-bond donors (Lipinski definition) is 1. The van der Waals surface area contributed by atoms with Gasteiger partial charge >= 0.3 is 0 Å². The Morgan fingerprint density at radius 3 is 2.68 bits per heavy atom. The molecule has 0 unspecified atom stereocenters. The number of nitrogen functional groups attached to an aromatic ring is 1. The molecule has 0 bridgehead atoms. The maximum absolute atomic E-state index is 9.27. The molecule has 138 valence electrons. The van der Waals surface area contributed by atoms with Crippen LogP contribution in [0, 0.1) is 18.3 Å². The molecule has 0 amide bonds. The molecule has 0 aliphatic rings. The molecule has 0 aliphatic carbocycles. The van der Waals surface area contributed by atoms with E-state index in [1.54, 1.807) is 13.0 Å². The average molecular weight is 388 g/mol. The van der Waals surface area contributed by atoms with Gasteiger partial charge in [0, 0.05) is 11.5 Å². The van der Waals surface area contributed by atoms with Gasteiger partial charge in [0.25, 0.3) is 0 Å². The molecule has 2 heterocycles. The number of hydrogen-bond acceptors (Lipinski definition) is 7. The lowest BCUT2D eigenvalue weighted by molar-refractivity contribution is 0.459. The molecule has 4 rings (SSSR count). The van der Waals surface area contributed by atoms with E-state index in [9.17, 15) is 5.26 Å². The molecule has 0 atom stereocenters. The largest absolute Gasteiger partial charge is 0.438 e. The number of aromatic nitrogens is 4. The van der Waals surface area contributed by atoms with Gasteiger partial charge in [-0.2, -0.15) is 20.0 Å². The summed E-state index contributed by atoms with van der Waals surface area (Å²) in [4.78, 5) is 8.90. The lowest BCUT2D eigenvalue weighted by atomic mass is 10.1. The van der Waals surface area contributed by atoms with E-state index in [0.717, 1.165) is 10.8 Å². The predicted octanol–water partition coefficient (Wildman–Crippen LogP) is 4.09. The first-order valence-corrected chi connectivity index (χ1v) is 9.67. The maximum atomic E-state index is 9.27. The van der Waals surface area contributed by atoms with Crippen LogP contribution >= 0.6 is 11.8 Å². The van der Waals surface area contributed by atoms with Crippen LogP contribution in [0.25, 0.3) is 16.6 Å². The third kappa shape index (κ3) is 3.12. The van der Waals surface area contributed by atoms with E-state index in [0.29, 0.717) is 33.9 Å². The number of rotatable bonds is 4. The Morgan fingerprint density at radius 2 is 1.93 bits per heavy atom. The first kappa shape index (κ1) is 17.8. The number of ether oxygens (including phenoxy) is 1. The number of aryl methyl sites for hydroxylation is 1. The molecule has 0 fully saturated rings. The SMILES string of the molecule is CSc1nc(Oc2cccc3ccccc23)cc(-n2nc(C)c(C#N)c2N)n1. The molecule has 0 spiro atoms. The zero-order chi connectivity index (χ0) is 19.7. The first-order chi connectivity index (χ1) is 13.6. The number of benzene rings is 2. The summed E-state index contributed by atoms with van der Waals surface area (Å²) in [6.45, 7) is 1.73. The van der Waals surface area contributed by atoms with Gasteiger partial charge in [0.2, 0.25) is 5.88 Å². The number of fused-ring (bicyclic) bond motifs is 1. The van der Waals surface area contributed by atoms with Gasteiger partial charge in [0.1, 0.15) is 23.2 Å². The second-order valence-electron chi connectivity index (χ2n) is 6.00. The van der Waals surface area contributed by atoms with Gasteiger partial charge in [-0.05, 0) is 24.6 Å². The van der Waals surface area contributed by atoms with Crippen molar-refractivity contribution in [2.24, 2.45) is 0 Å². The quantitative estimate of drug-likeness (QED) is 0.415. The van der Waals surface area contributed by atoms with Crippen molar-refractivity contribution < 1.29 is 4.74 Å². The maximum Gasteiger partial charge on any atom is 0.225 e. The van der Waals surface area contributed by atoms with Crippen LogP contribution in [0.1, 0.15) is 11.3 Å². The molecule has 0 saturated carbocycles. The van der Waals surface area contributed by atoms with Crippen LogP contribution in [0.5, 0.6) is 11.6 Å². The van der Waals surface area contributed by atoms with Crippen molar-refractivity contribution in [3.63, 3.8) is 0 Å². The Hall–Kier alpha value is -3.57. The summed E-state index contributed by atoms with van der Waals surface area (Å²) in [5.74, 6) is 1.74. The minimum Gasteiger partial charge on any atom is -0.438 e. The van der Waals surface area contributed by atoms with Gasteiger partial charge in [0.05, 0.1) is 5.69 Å². The van der Waals surface area contributed by atoms with Crippen LogP contribution in [-0.2, 0) is 0 Å². The van der Waals surface area contributed by atoms with Crippen LogP contribution in [0.15, 0.2) is 53.7 Å². The minimum atomic E-state index is 0.238. The number of thioether (sulfide) groups is 1. The Kier molecular flexibility index (Phi) is 4.59. The Labute approximate surface area is 165 Å². The fourth-order valence-corrected chi connectivity index (χ4v) is 3.27. The summed E-state index contributed by atoms with van der Waals surface area (Å²) in [6, 6.07) is 17.5. The fourth-order valence-electron chi connectivity index (χ4n) is 2.90. The molecular formula is C20H16N6OS. The highest BCUT2D eigenvalue weighted by Crippen LogP contribution is 2.31. The van der Waals surface area contributed by atoms with E-state index < -0.39 is 0 Å². The summed E-state index contributed by atoms with van der Waals surface area (Å²) in [5.41, 5.74) is 6.96. The van der Waals surface area contributed by atoms with Crippen LogP contribution in [-0.4, -0.2) is 26.0 Å². The summed E-state index contributed by atoms with van der Waals surface area (Å²) in [5, 5.41) is 16.2. The normalized spacial score (nSPS) is 10.8. The third-order valence-corrected chi connectivity index (χ3v) is 4.79. The highest BCUT2D eigenvalue weighted by Gasteiger charge is 2.17. The Morgan fingerprint density at radius 1 is 1.14 bits per heavy atom. The van der Waals surface area contributed by atoms with Crippen molar-refractivity contribution >= 4 is 28.4 Å². The molecule has 2 aromatic heterocycles. The minimum absolute atomic E-state index is 0.238. The van der Waals surface area contributed by atoms with E-state index in [2.05, 4.69) is 21.1 Å². The predicted molar refractivity (Wildman–Crippen MR) is 109 cm³/mol. The molecule has 0 aliphatic heterocycles. The van der Waals surface area contributed by atoms with Crippen LogP contribution in [0.4, 0.5) is 5.82 Å². The van der Waals surface area contributed by atoms with Gasteiger partial charge < -0.3 is 10.5 Å². The molecule has 2 N–H and O–H groups in total. The van der Waals surface area contributed by atoms with Crippen molar-refractivity contribution in [2.45, 2.75) is 12.1 Å². The molecule has 4 aromatic rings. The van der Waals surface area contributed by atoms with Crippen LogP contribution in [0.3, 0.4) is 0 Å². The summed E-state index contributed by atoms with van der Waals surface area (Å²) < 4.78 is 7.52. The smallest absolute Gasteiger partial charge is 0.225 e.